The van der Waals surface area contributed by atoms with E-state index in [4.69, 9.17) is 4.98 Å². The predicted molar refractivity (Wildman–Crippen MR) is 103 cm³/mol. The number of likely N-dealkylation sites (N-methyl/N-ethyl adjacent to an activating group) is 1. The van der Waals surface area contributed by atoms with Gasteiger partial charge in [0.25, 0.3) is 0 Å². The van der Waals surface area contributed by atoms with Crippen LogP contribution in [0.5, 0.6) is 0 Å². The van der Waals surface area contributed by atoms with E-state index in [0.29, 0.717) is 12.3 Å². The first-order valence-electron chi connectivity index (χ1n) is 9.57. The minimum absolute atomic E-state index is 0.0329. The number of amides is 1. The van der Waals surface area contributed by atoms with E-state index in [1.807, 2.05) is 35.4 Å². The number of carbonyl (C=O) groups is 1. The van der Waals surface area contributed by atoms with Crippen LogP contribution < -0.4 is 4.90 Å². The van der Waals surface area contributed by atoms with Crippen LogP contribution in [0.2, 0.25) is 0 Å². The first-order chi connectivity index (χ1) is 12.6. The standard InChI is InChI=1S/C20H27N5O/c1-3-24-11-10-20(9-8-19(24)26)15-25(13-12-23(20)2)18-14-21-16-6-4-5-7-17(16)22-18/h4-7,14H,3,8-13,15H2,1-2H3/t20-/m1/s1. The van der Waals surface area contributed by atoms with Crippen molar-refractivity contribution in [2.75, 3.05) is 44.7 Å². The average molecular weight is 353 g/mol. The van der Waals surface area contributed by atoms with E-state index in [9.17, 15) is 4.79 Å². The molecule has 0 unspecified atom stereocenters. The highest BCUT2D eigenvalue weighted by molar-refractivity contribution is 5.77. The molecule has 0 bridgehead atoms. The van der Waals surface area contributed by atoms with Crippen LogP contribution in [0.4, 0.5) is 5.82 Å². The van der Waals surface area contributed by atoms with E-state index in [1.165, 1.54) is 0 Å². The molecule has 1 atom stereocenters. The van der Waals surface area contributed by atoms with Gasteiger partial charge >= 0.3 is 0 Å². The van der Waals surface area contributed by atoms with Crippen molar-refractivity contribution in [2.24, 2.45) is 0 Å². The summed E-state index contributed by atoms with van der Waals surface area (Å²) in [5, 5.41) is 0. The molecule has 6 nitrogen and oxygen atoms in total. The molecule has 1 aromatic carbocycles. The highest BCUT2D eigenvalue weighted by atomic mass is 16.2. The third-order valence-corrected chi connectivity index (χ3v) is 6.15. The van der Waals surface area contributed by atoms with Gasteiger partial charge in [-0.05, 0) is 38.9 Å². The van der Waals surface area contributed by atoms with Crippen molar-refractivity contribution in [3.05, 3.63) is 30.5 Å². The SMILES string of the molecule is CCN1CC[C@]2(CCC1=O)CN(c1cnc3ccccc3n1)CCN2C. The number of anilines is 1. The lowest BCUT2D eigenvalue weighted by Crippen LogP contribution is -2.61. The normalized spacial score (nSPS) is 25.1. The van der Waals surface area contributed by atoms with Gasteiger partial charge in [-0.25, -0.2) is 4.98 Å². The molecule has 1 aromatic heterocycles. The quantitative estimate of drug-likeness (QED) is 0.828. The molecule has 1 amide bonds. The molecule has 26 heavy (non-hydrogen) atoms. The first-order valence-corrected chi connectivity index (χ1v) is 9.57. The lowest BCUT2D eigenvalue weighted by atomic mass is 9.86. The fourth-order valence-corrected chi connectivity index (χ4v) is 4.32. The van der Waals surface area contributed by atoms with Crippen LogP contribution in [0.3, 0.4) is 0 Å². The van der Waals surface area contributed by atoms with Crippen LogP contribution in [0, 0.1) is 0 Å². The molecule has 138 valence electrons. The second kappa shape index (κ2) is 6.83. The number of aromatic nitrogens is 2. The maximum Gasteiger partial charge on any atom is 0.222 e. The van der Waals surface area contributed by atoms with Gasteiger partial charge in [-0.2, -0.15) is 0 Å². The number of para-hydroxylation sites is 2. The summed E-state index contributed by atoms with van der Waals surface area (Å²) in [7, 11) is 2.20. The van der Waals surface area contributed by atoms with Crippen LogP contribution >= 0.6 is 0 Å². The van der Waals surface area contributed by atoms with Gasteiger partial charge in [-0.3, -0.25) is 14.7 Å². The molecule has 0 saturated carbocycles. The van der Waals surface area contributed by atoms with Gasteiger partial charge in [-0.15, -0.1) is 0 Å². The summed E-state index contributed by atoms with van der Waals surface area (Å²) in [6.45, 7) is 6.54. The lowest BCUT2D eigenvalue weighted by Gasteiger charge is -2.49. The van der Waals surface area contributed by atoms with Gasteiger partial charge in [0, 0.05) is 44.7 Å². The highest BCUT2D eigenvalue weighted by Gasteiger charge is 2.42. The smallest absolute Gasteiger partial charge is 0.222 e. The Morgan fingerprint density at radius 1 is 1.12 bits per heavy atom. The molecule has 2 aliphatic heterocycles. The minimum atomic E-state index is 0.0329. The zero-order valence-corrected chi connectivity index (χ0v) is 15.7. The Balaban J connectivity index is 1.60. The third kappa shape index (κ3) is 3.03. The van der Waals surface area contributed by atoms with Crippen LogP contribution in [-0.4, -0.2) is 71.0 Å². The van der Waals surface area contributed by atoms with E-state index in [2.05, 4.69) is 28.8 Å². The number of hydrogen-bond acceptors (Lipinski definition) is 5. The average Bonchev–Trinajstić information content (AvgIpc) is 2.83. The molecule has 2 aromatic rings. The minimum Gasteiger partial charge on any atom is -0.352 e. The van der Waals surface area contributed by atoms with Crippen LogP contribution in [-0.2, 0) is 4.79 Å². The summed E-state index contributed by atoms with van der Waals surface area (Å²) in [4.78, 5) is 28.6. The van der Waals surface area contributed by atoms with E-state index in [0.717, 1.165) is 62.4 Å². The molecular formula is C20H27N5O. The van der Waals surface area contributed by atoms with E-state index < -0.39 is 0 Å². The van der Waals surface area contributed by atoms with Crippen molar-refractivity contribution < 1.29 is 4.79 Å². The van der Waals surface area contributed by atoms with Gasteiger partial charge in [0.15, 0.2) is 0 Å². The van der Waals surface area contributed by atoms with Crippen molar-refractivity contribution in [3.8, 4) is 0 Å². The van der Waals surface area contributed by atoms with Crippen LogP contribution in [0.15, 0.2) is 30.5 Å². The Bertz CT molecular complexity index is 810. The van der Waals surface area contributed by atoms with Crippen molar-refractivity contribution in [1.82, 2.24) is 19.8 Å². The van der Waals surface area contributed by atoms with E-state index in [1.54, 1.807) is 0 Å². The molecule has 0 radical (unpaired) electrons. The molecule has 0 N–H and O–H groups in total. The monoisotopic (exact) mass is 353 g/mol. The predicted octanol–water partition coefficient (Wildman–Crippen LogP) is 2.15. The van der Waals surface area contributed by atoms with Gasteiger partial charge in [0.2, 0.25) is 5.91 Å². The number of piperazine rings is 1. The fraction of sp³-hybridized carbons (Fsp3) is 0.550. The summed E-state index contributed by atoms with van der Waals surface area (Å²) < 4.78 is 0. The summed E-state index contributed by atoms with van der Waals surface area (Å²) in [5.74, 6) is 1.24. The largest absolute Gasteiger partial charge is 0.352 e. The molecular weight excluding hydrogens is 326 g/mol. The van der Waals surface area contributed by atoms with Gasteiger partial charge in [0.05, 0.1) is 17.2 Å². The van der Waals surface area contributed by atoms with Crippen molar-refractivity contribution in [2.45, 2.75) is 31.7 Å². The molecule has 4 rings (SSSR count). The first kappa shape index (κ1) is 17.2. The Kier molecular flexibility index (Phi) is 4.53. The Hall–Kier alpha value is -2.21. The van der Waals surface area contributed by atoms with Crippen LogP contribution in [0.25, 0.3) is 11.0 Å². The highest BCUT2D eigenvalue weighted by Crippen LogP contribution is 2.33. The van der Waals surface area contributed by atoms with Crippen LogP contribution in [0.1, 0.15) is 26.2 Å². The number of likely N-dealkylation sites (tertiary alicyclic amines) is 1. The van der Waals surface area contributed by atoms with Gasteiger partial charge in [-0.1, -0.05) is 12.1 Å². The number of carbonyl (C=O) groups excluding carboxylic acids is 1. The van der Waals surface area contributed by atoms with E-state index in [-0.39, 0.29) is 5.54 Å². The molecule has 2 aliphatic rings. The van der Waals surface area contributed by atoms with Gasteiger partial charge in [0.1, 0.15) is 5.82 Å². The molecule has 2 fully saturated rings. The molecule has 0 aliphatic carbocycles. The lowest BCUT2D eigenvalue weighted by molar-refractivity contribution is -0.130. The third-order valence-electron chi connectivity index (χ3n) is 6.15. The molecule has 1 spiro atoms. The molecule has 3 heterocycles. The number of rotatable bonds is 2. The topological polar surface area (TPSA) is 52.6 Å². The van der Waals surface area contributed by atoms with E-state index >= 15 is 0 Å². The van der Waals surface area contributed by atoms with Crippen molar-refractivity contribution in [1.29, 1.82) is 0 Å². The summed E-state index contributed by atoms with van der Waals surface area (Å²) in [5.41, 5.74) is 1.90. The number of fused-ring (bicyclic) bond motifs is 1. The summed E-state index contributed by atoms with van der Waals surface area (Å²) >= 11 is 0. The second-order valence-electron chi connectivity index (χ2n) is 7.51. The zero-order valence-electron chi connectivity index (χ0n) is 15.7. The zero-order chi connectivity index (χ0) is 18.1. The maximum atomic E-state index is 12.3. The number of nitrogens with zero attached hydrogens (tertiary/aromatic N) is 5. The Labute approximate surface area is 154 Å². The Morgan fingerprint density at radius 2 is 1.92 bits per heavy atom. The van der Waals surface area contributed by atoms with Crippen molar-refractivity contribution in [3.63, 3.8) is 0 Å². The van der Waals surface area contributed by atoms with Crippen molar-refractivity contribution >= 4 is 22.8 Å². The fourth-order valence-electron chi connectivity index (χ4n) is 4.32. The maximum absolute atomic E-state index is 12.3. The Morgan fingerprint density at radius 3 is 2.73 bits per heavy atom. The number of benzene rings is 1. The second-order valence-corrected chi connectivity index (χ2v) is 7.51. The number of hydrogen-bond donors (Lipinski definition) is 0. The van der Waals surface area contributed by atoms with Gasteiger partial charge < -0.3 is 9.80 Å². The summed E-state index contributed by atoms with van der Waals surface area (Å²) in [6.07, 6.45) is 4.45. The molecule has 6 heteroatoms. The molecule has 2 saturated heterocycles. The summed E-state index contributed by atoms with van der Waals surface area (Å²) in [6, 6.07) is 8.00.